The predicted molar refractivity (Wildman–Crippen MR) is 95.2 cm³/mol. The Bertz CT molecular complexity index is 702. The third kappa shape index (κ3) is 3.62. The predicted octanol–water partition coefficient (Wildman–Crippen LogP) is 2.59. The summed E-state index contributed by atoms with van der Waals surface area (Å²) < 4.78 is 1.90. The van der Waals surface area contributed by atoms with Gasteiger partial charge in [-0.1, -0.05) is 30.7 Å². The quantitative estimate of drug-likeness (QED) is 0.854. The van der Waals surface area contributed by atoms with Crippen molar-refractivity contribution in [2.45, 2.75) is 19.9 Å². The van der Waals surface area contributed by atoms with Gasteiger partial charge in [0.1, 0.15) is 11.0 Å². The van der Waals surface area contributed by atoms with E-state index in [0.29, 0.717) is 5.15 Å². The first-order chi connectivity index (χ1) is 11.6. The minimum Gasteiger partial charge on any atom is -0.336 e. The first-order valence-electron chi connectivity index (χ1n) is 8.35. The fraction of sp³-hybridized carbons (Fsp3) is 0.444. The fourth-order valence-electron chi connectivity index (χ4n) is 2.95. The van der Waals surface area contributed by atoms with Crippen LogP contribution in [0.2, 0.25) is 5.15 Å². The molecule has 2 aromatic rings. The standard InChI is InChI=1S/C18H23ClN4O/c1-3-14-4-6-15(7-5-14)18(24)23-10-8-22(9-11-23)13-17-20-12-16(19)21(17)2/h4-7,12H,3,8-11,13H2,1-2H3. The number of nitrogens with zero attached hydrogens (tertiary/aromatic N) is 4. The number of piperazine rings is 1. The summed E-state index contributed by atoms with van der Waals surface area (Å²) in [4.78, 5) is 21.2. The lowest BCUT2D eigenvalue weighted by Crippen LogP contribution is -2.48. The molecule has 2 heterocycles. The SMILES string of the molecule is CCc1ccc(C(=O)N2CCN(Cc3ncc(Cl)n3C)CC2)cc1. The van der Waals surface area contributed by atoms with Crippen LogP contribution in [0, 0.1) is 0 Å². The molecule has 0 atom stereocenters. The van der Waals surface area contributed by atoms with Crippen molar-refractivity contribution >= 4 is 17.5 Å². The average Bonchev–Trinajstić information content (AvgIpc) is 2.94. The molecule has 0 spiro atoms. The highest BCUT2D eigenvalue weighted by molar-refractivity contribution is 6.29. The fourth-order valence-corrected chi connectivity index (χ4v) is 3.09. The van der Waals surface area contributed by atoms with Crippen LogP contribution >= 0.6 is 11.6 Å². The lowest BCUT2D eigenvalue weighted by Gasteiger charge is -2.34. The maximum atomic E-state index is 12.6. The summed E-state index contributed by atoms with van der Waals surface area (Å²) in [5.74, 6) is 1.08. The molecule has 0 unspecified atom stereocenters. The van der Waals surface area contributed by atoms with Crippen molar-refractivity contribution in [1.82, 2.24) is 19.4 Å². The van der Waals surface area contributed by atoms with Crippen LogP contribution in [-0.2, 0) is 20.0 Å². The van der Waals surface area contributed by atoms with E-state index in [-0.39, 0.29) is 5.91 Å². The number of hydrogen-bond acceptors (Lipinski definition) is 3. The van der Waals surface area contributed by atoms with Crippen LogP contribution in [0.4, 0.5) is 0 Å². The Morgan fingerprint density at radius 1 is 1.17 bits per heavy atom. The molecule has 0 radical (unpaired) electrons. The summed E-state index contributed by atoms with van der Waals surface area (Å²) in [5.41, 5.74) is 2.03. The van der Waals surface area contributed by atoms with Gasteiger partial charge in [-0.3, -0.25) is 9.69 Å². The maximum Gasteiger partial charge on any atom is 0.253 e. The lowest BCUT2D eigenvalue weighted by atomic mass is 10.1. The largest absolute Gasteiger partial charge is 0.336 e. The Kier molecular flexibility index (Phi) is 5.21. The second kappa shape index (κ2) is 7.36. The van der Waals surface area contributed by atoms with Gasteiger partial charge in [0.15, 0.2) is 0 Å². The first-order valence-corrected chi connectivity index (χ1v) is 8.73. The Balaban J connectivity index is 1.56. The zero-order valence-corrected chi connectivity index (χ0v) is 15.0. The molecule has 1 saturated heterocycles. The van der Waals surface area contributed by atoms with Crippen LogP contribution in [0.1, 0.15) is 28.7 Å². The number of carbonyl (C=O) groups is 1. The van der Waals surface area contributed by atoms with E-state index in [1.165, 1.54) is 5.56 Å². The highest BCUT2D eigenvalue weighted by atomic mass is 35.5. The molecule has 0 saturated carbocycles. The molecule has 0 N–H and O–H groups in total. The van der Waals surface area contributed by atoms with Crippen molar-refractivity contribution in [1.29, 1.82) is 0 Å². The molecule has 1 amide bonds. The number of halogens is 1. The van der Waals surface area contributed by atoms with E-state index >= 15 is 0 Å². The van der Waals surface area contributed by atoms with Crippen LogP contribution in [0.15, 0.2) is 30.5 Å². The molecule has 0 aliphatic carbocycles. The minimum absolute atomic E-state index is 0.123. The van der Waals surface area contributed by atoms with Crippen LogP contribution in [0.25, 0.3) is 0 Å². The van der Waals surface area contributed by atoms with Crippen molar-refractivity contribution < 1.29 is 4.79 Å². The van der Waals surface area contributed by atoms with E-state index in [1.54, 1.807) is 6.20 Å². The Labute approximate surface area is 147 Å². The zero-order valence-electron chi connectivity index (χ0n) is 14.2. The Hall–Kier alpha value is -1.85. The minimum atomic E-state index is 0.123. The topological polar surface area (TPSA) is 41.4 Å². The second-order valence-electron chi connectivity index (χ2n) is 6.17. The summed E-state index contributed by atoms with van der Waals surface area (Å²) >= 11 is 6.03. The summed E-state index contributed by atoms with van der Waals surface area (Å²) in [7, 11) is 1.92. The van der Waals surface area contributed by atoms with Gasteiger partial charge in [-0.15, -0.1) is 0 Å². The monoisotopic (exact) mass is 346 g/mol. The van der Waals surface area contributed by atoms with E-state index < -0.39 is 0 Å². The molecule has 1 aliphatic rings. The van der Waals surface area contributed by atoms with Gasteiger partial charge in [-0.25, -0.2) is 4.98 Å². The van der Waals surface area contributed by atoms with Crippen molar-refractivity contribution in [3.8, 4) is 0 Å². The highest BCUT2D eigenvalue weighted by Crippen LogP contribution is 2.14. The lowest BCUT2D eigenvalue weighted by molar-refractivity contribution is 0.0624. The van der Waals surface area contributed by atoms with E-state index in [0.717, 1.165) is 50.5 Å². The van der Waals surface area contributed by atoms with E-state index in [1.807, 2.05) is 40.8 Å². The van der Waals surface area contributed by atoms with Gasteiger partial charge >= 0.3 is 0 Å². The number of rotatable bonds is 4. The number of hydrogen-bond donors (Lipinski definition) is 0. The molecule has 1 aromatic carbocycles. The van der Waals surface area contributed by atoms with Gasteiger partial charge < -0.3 is 9.47 Å². The van der Waals surface area contributed by atoms with Gasteiger partial charge in [0.25, 0.3) is 5.91 Å². The number of amides is 1. The van der Waals surface area contributed by atoms with Gasteiger partial charge in [-0.2, -0.15) is 0 Å². The van der Waals surface area contributed by atoms with Crippen LogP contribution in [-0.4, -0.2) is 51.4 Å². The molecule has 1 aromatic heterocycles. The van der Waals surface area contributed by atoms with Gasteiger partial charge in [0.2, 0.25) is 0 Å². The molecular weight excluding hydrogens is 324 g/mol. The molecule has 6 heteroatoms. The maximum absolute atomic E-state index is 12.6. The summed E-state index contributed by atoms with van der Waals surface area (Å²) in [5, 5.41) is 0.648. The number of aromatic nitrogens is 2. The smallest absolute Gasteiger partial charge is 0.253 e. The third-order valence-electron chi connectivity index (χ3n) is 4.66. The number of imidazole rings is 1. The Morgan fingerprint density at radius 3 is 2.38 bits per heavy atom. The number of aryl methyl sites for hydroxylation is 1. The Morgan fingerprint density at radius 2 is 1.83 bits per heavy atom. The molecule has 128 valence electrons. The molecule has 5 nitrogen and oxygen atoms in total. The number of carbonyl (C=O) groups excluding carboxylic acids is 1. The van der Waals surface area contributed by atoms with Gasteiger partial charge in [-0.05, 0) is 24.1 Å². The first kappa shape index (κ1) is 17.0. The van der Waals surface area contributed by atoms with E-state index in [4.69, 9.17) is 11.6 Å². The molecule has 1 aliphatic heterocycles. The zero-order chi connectivity index (χ0) is 17.1. The number of benzene rings is 1. The van der Waals surface area contributed by atoms with Crippen molar-refractivity contribution in [2.24, 2.45) is 7.05 Å². The normalized spacial score (nSPS) is 15.7. The highest BCUT2D eigenvalue weighted by Gasteiger charge is 2.23. The van der Waals surface area contributed by atoms with Crippen molar-refractivity contribution in [2.75, 3.05) is 26.2 Å². The summed E-state index contributed by atoms with van der Waals surface area (Å²) in [6.07, 6.45) is 2.67. The molecule has 24 heavy (non-hydrogen) atoms. The van der Waals surface area contributed by atoms with Crippen LogP contribution in [0.3, 0.4) is 0 Å². The third-order valence-corrected chi connectivity index (χ3v) is 5.01. The van der Waals surface area contributed by atoms with Crippen LogP contribution < -0.4 is 0 Å². The van der Waals surface area contributed by atoms with Crippen molar-refractivity contribution in [3.05, 3.63) is 52.6 Å². The van der Waals surface area contributed by atoms with Gasteiger partial charge in [0.05, 0.1) is 12.7 Å². The summed E-state index contributed by atoms with van der Waals surface area (Å²) in [6, 6.07) is 7.94. The van der Waals surface area contributed by atoms with Gasteiger partial charge in [0, 0.05) is 38.8 Å². The molecule has 3 rings (SSSR count). The molecule has 0 bridgehead atoms. The summed E-state index contributed by atoms with van der Waals surface area (Å²) in [6.45, 7) is 6.06. The second-order valence-corrected chi connectivity index (χ2v) is 6.56. The van der Waals surface area contributed by atoms with Crippen molar-refractivity contribution in [3.63, 3.8) is 0 Å². The molecule has 1 fully saturated rings. The van der Waals surface area contributed by atoms with E-state index in [9.17, 15) is 4.79 Å². The molecular formula is C18H23ClN4O. The van der Waals surface area contributed by atoms with E-state index in [2.05, 4.69) is 16.8 Å². The average molecular weight is 347 g/mol. The van der Waals surface area contributed by atoms with Crippen LogP contribution in [0.5, 0.6) is 0 Å².